The number of carbonyl (C=O) groups is 1. The maximum Gasteiger partial charge on any atom is 0.150 e. The predicted octanol–water partition coefficient (Wildman–Crippen LogP) is 4.78. The largest absolute Gasteiger partial charge is 0.507 e. The molecular weight excluding hydrogens is 460 g/mol. The van der Waals surface area contributed by atoms with E-state index in [0.29, 0.717) is 56.3 Å². The molecule has 0 aliphatic carbocycles. The van der Waals surface area contributed by atoms with Gasteiger partial charge in [-0.05, 0) is 23.3 Å². The Labute approximate surface area is 211 Å². The number of ether oxygens (including phenoxy) is 5. The van der Waals surface area contributed by atoms with Crippen molar-refractivity contribution in [3.63, 3.8) is 0 Å². The molecule has 2 atom stereocenters. The van der Waals surface area contributed by atoms with Crippen LogP contribution in [0.4, 0.5) is 0 Å². The van der Waals surface area contributed by atoms with E-state index >= 15 is 0 Å². The van der Waals surface area contributed by atoms with Gasteiger partial charge in [-0.25, -0.2) is 0 Å². The number of benzene rings is 3. The fourth-order valence-electron chi connectivity index (χ4n) is 3.99. The van der Waals surface area contributed by atoms with Gasteiger partial charge in [0.1, 0.15) is 24.2 Å². The number of rotatable bonds is 3. The van der Waals surface area contributed by atoms with Crippen molar-refractivity contribution in [2.75, 3.05) is 39.6 Å². The Morgan fingerprint density at radius 3 is 1.56 bits per heavy atom. The lowest BCUT2D eigenvalue weighted by atomic mass is 10.0. The second kappa shape index (κ2) is 13.9. The molecule has 1 N–H and O–H groups in total. The fraction of sp³-hybridized carbons (Fsp3) is 0.345. The molecule has 0 aromatic heterocycles. The van der Waals surface area contributed by atoms with E-state index in [4.69, 9.17) is 23.7 Å². The van der Waals surface area contributed by atoms with Gasteiger partial charge in [0.05, 0.1) is 52.9 Å². The van der Waals surface area contributed by atoms with Crippen molar-refractivity contribution in [3.05, 3.63) is 101 Å². The Balaban J connectivity index is 1.58. The van der Waals surface area contributed by atoms with Gasteiger partial charge in [0.25, 0.3) is 0 Å². The summed E-state index contributed by atoms with van der Waals surface area (Å²) in [5, 5.41) is 11.0. The molecule has 1 aliphatic rings. The molecule has 2 bridgehead atoms. The average Bonchev–Trinajstić information content (AvgIpc) is 2.92. The van der Waals surface area contributed by atoms with Gasteiger partial charge in [0.15, 0.2) is 0 Å². The van der Waals surface area contributed by atoms with Crippen LogP contribution in [0.1, 0.15) is 44.8 Å². The zero-order valence-corrected chi connectivity index (χ0v) is 20.2. The zero-order valence-electron chi connectivity index (χ0n) is 20.2. The lowest BCUT2D eigenvalue weighted by Gasteiger charge is -2.22. The van der Waals surface area contributed by atoms with Gasteiger partial charge in [-0.3, -0.25) is 4.79 Å². The zero-order chi connectivity index (χ0) is 25.0. The Kier molecular flexibility index (Phi) is 10.0. The van der Waals surface area contributed by atoms with Crippen LogP contribution in [0.3, 0.4) is 0 Å². The molecule has 4 rings (SSSR count). The molecule has 0 amide bonds. The molecule has 190 valence electrons. The summed E-state index contributed by atoms with van der Waals surface area (Å²) in [7, 11) is 0. The topological polar surface area (TPSA) is 83.5 Å². The lowest BCUT2D eigenvalue weighted by Crippen LogP contribution is -2.17. The van der Waals surface area contributed by atoms with Crippen molar-refractivity contribution in [1.82, 2.24) is 0 Å². The maximum absolute atomic E-state index is 11.6. The first kappa shape index (κ1) is 26.0. The van der Waals surface area contributed by atoms with E-state index in [-0.39, 0.29) is 31.2 Å². The van der Waals surface area contributed by atoms with Gasteiger partial charge >= 0.3 is 0 Å². The Morgan fingerprint density at radius 1 is 0.667 bits per heavy atom. The Hall–Kier alpha value is -3.07. The highest BCUT2D eigenvalue weighted by Crippen LogP contribution is 2.30. The number of aromatic hydroxyl groups is 1. The SMILES string of the molecule is O=Cc1cc2c(O)c(c1)CO[C@@H](c1ccccc1)COCCOCCOCC(c1ccccc1)OC2. The molecule has 0 saturated carbocycles. The maximum atomic E-state index is 11.6. The summed E-state index contributed by atoms with van der Waals surface area (Å²) in [4.78, 5) is 11.6. The highest BCUT2D eigenvalue weighted by atomic mass is 16.6. The molecule has 1 heterocycles. The number of hydrogen-bond acceptors (Lipinski definition) is 7. The van der Waals surface area contributed by atoms with Crippen molar-refractivity contribution in [3.8, 4) is 5.75 Å². The predicted molar refractivity (Wildman–Crippen MR) is 134 cm³/mol. The van der Waals surface area contributed by atoms with Crippen LogP contribution in [-0.4, -0.2) is 51.0 Å². The van der Waals surface area contributed by atoms with Crippen molar-refractivity contribution in [2.45, 2.75) is 25.4 Å². The summed E-state index contributed by atoms with van der Waals surface area (Å²) >= 11 is 0. The van der Waals surface area contributed by atoms with E-state index in [1.807, 2.05) is 60.7 Å². The minimum absolute atomic E-state index is 0.0515. The van der Waals surface area contributed by atoms with Crippen LogP contribution in [0.2, 0.25) is 0 Å². The normalized spacial score (nSPS) is 20.7. The molecule has 7 nitrogen and oxygen atoms in total. The first-order chi connectivity index (χ1) is 17.7. The molecule has 0 spiro atoms. The summed E-state index contributed by atoms with van der Waals surface area (Å²) in [5.41, 5.74) is 3.38. The van der Waals surface area contributed by atoms with E-state index in [1.165, 1.54) is 0 Å². The second-order valence-electron chi connectivity index (χ2n) is 8.49. The first-order valence-corrected chi connectivity index (χ1v) is 12.1. The summed E-state index contributed by atoms with van der Waals surface area (Å²) in [6, 6.07) is 22.8. The third kappa shape index (κ3) is 7.46. The minimum atomic E-state index is -0.352. The van der Waals surface area contributed by atoms with Crippen molar-refractivity contribution >= 4 is 6.29 Å². The quantitative estimate of drug-likeness (QED) is 0.527. The minimum Gasteiger partial charge on any atom is -0.507 e. The smallest absolute Gasteiger partial charge is 0.150 e. The molecule has 0 fully saturated rings. The van der Waals surface area contributed by atoms with Crippen molar-refractivity contribution < 1.29 is 33.6 Å². The monoisotopic (exact) mass is 492 g/mol. The molecule has 1 aliphatic heterocycles. The standard InChI is InChI=1S/C29H32O7/c30-17-22-15-25-18-35-27(23-7-3-1-4-8-23)20-33-13-11-32-12-14-34-21-28(24-9-5-2-6-10-24)36-19-26(16-22)29(25)31/h1-10,15-17,27-28,31H,11-14,18-21H2/t27-,28?/m1/s1. The summed E-state index contributed by atoms with van der Waals surface area (Å²) in [5.74, 6) is 0.0515. The van der Waals surface area contributed by atoms with Crippen LogP contribution in [0.25, 0.3) is 0 Å². The van der Waals surface area contributed by atoms with Crippen LogP contribution < -0.4 is 0 Å². The van der Waals surface area contributed by atoms with Crippen LogP contribution in [0.15, 0.2) is 72.8 Å². The van der Waals surface area contributed by atoms with Crippen LogP contribution in [0.5, 0.6) is 5.75 Å². The Bertz CT molecular complexity index is 993. The van der Waals surface area contributed by atoms with E-state index in [2.05, 4.69) is 0 Å². The van der Waals surface area contributed by atoms with Gasteiger partial charge in [-0.2, -0.15) is 0 Å². The van der Waals surface area contributed by atoms with Gasteiger partial charge < -0.3 is 28.8 Å². The van der Waals surface area contributed by atoms with Gasteiger partial charge in [0, 0.05) is 16.7 Å². The highest BCUT2D eigenvalue weighted by molar-refractivity contribution is 5.76. The summed E-state index contributed by atoms with van der Waals surface area (Å²) in [6.45, 7) is 2.57. The third-order valence-electron chi connectivity index (χ3n) is 5.93. The molecule has 1 unspecified atom stereocenters. The number of carbonyl (C=O) groups excluding carboxylic acids is 1. The number of hydrogen-bond donors (Lipinski definition) is 1. The van der Waals surface area contributed by atoms with E-state index < -0.39 is 0 Å². The molecule has 36 heavy (non-hydrogen) atoms. The average molecular weight is 493 g/mol. The summed E-state index contributed by atoms with van der Waals surface area (Å²) in [6.07, 6.45) is 0.0540. The van der Waals surface area contributed by atoms with Crippen LogP contribution in [-0.2, 0) is 36.9 Å². The van der Waals surface area contributed by atoms with Gasteiger partial charge in [-0.15, -0.1) is 0 Å². The Morgan fingerprint density at radius 2 is 1.11 bits per heavy atom. The molecular formula is C29H32O7. The molecule has 0 radical (unpaired) electrons. The van der Waals surface area contributed by atoms with E-state index in [0.717, 1.165) is 17.4 Å². The molecule has 7 heteroatoms. The van der Waals surface area contributed by atoms with E-state index in [9.17, 15) is 9.90 Å². The fourth-order valence-corrected chi connectivity index (χ4v) is 3.99. The van der Waals surface area contributed by atoms with Crippen LogP contribution >= 0.6 is 0 Å². The number of aldehydes is 1. The van der Waals surface area contributed by atoms with Crippen molar-refractivity contribution in [2.24, 2.45) is 0 Å². The molecule has 0 saturated heterocycles. The first-order valence-electron chi connectivity index (χ1n) is 12.1. The van der Waals surface area contributed by atoms with E-state index in [1.54, 1.807) is 12.1 Å². The second-order valence-corrected chi connectivity index (χ2v) is 8.49. The number of fused-ring (bicyclic) bond motifs is 2. The number of phenols is 1. The summed E-state index contributed by atoms with van der Waals surface area (Å²) < 4.78 is 29.6. The van der Waals surface area contributed by atoms with Crippen molar-refractivity contribution in [1.29, 1.82) is 0 Å². The van der Waals surface area contributed by atoms with Gasteiger partial charge in [0.2, 0.25) is 0 Å². The lowest BCUT2D eigenvalue weighted by molar-refractivity contribution is -0.0559. The van der Waals surface area contributed by atoms with Gasteiger partial charge in [-0.1, -0.05) is 60.7 Å². The molecule has 3 aromatic rings. The van der Waals surface area contributed by atoms with Crippen LogP contribution in [0, 0.1) is 0 Å². The molecule has 3 aromatic carbocycles. The third-order valence-corrected chi connectivity index (χ3v) is 5.93. The highest BCUT2D eigenvalue weighted by Gasteiger charge is 2.18. The number of phenolic OH excluding ortho intramolecular Hbond substituents is 1.